The summed E-state index contributed by atoms with van der Waals surface area (Å²) in [6.45, 7) is 9.83. The fraction of sp³-hybridized carbons (Fsp3) is 0.667. The SMILES string of the molecule is CCCCCC[Si](C)(C)N(CCCC)c1ccc(F)cc1F. The Hall–Kier alpha value is -0.903. The molecule has 1 aromatic rings. The molecule has 0 fully saturated rings. The minimum Gasteiger partial charge on any atom is -0.395 e. The van der Waals surface area contributed by atoms with Gasteiger partial charge >= 0.3 is 0 Å². The summed E-state index contributed by atoms with van der Waals surface area (Å²) in [7, 11) is -1.74. The summed E-state index contributed by atoms with van der Waals surface area (Å²) in [4.78, 5) is 0. The third-order valence-electron chi connectivity index (χ3n) is 4.31. The van der Waals surface area contributed by atoms with Crippen LogP contribution in [0.15, 0.2) is 18.2 Å². The molecule has 0 unspecified atom stereocenters. The van der Waals surface area contributed by atoms with E-state index < -0.39 is 19.9 Å². The van der Waals surface area contributed by atoms with Gasteiger partial charge in [0.05, 0.1) is 5.69 Å². The Balaban J connectivity index is 2.90. The van der Waals surface area contributed by atoms with Crippen LogP contribution in [-0.2, 0) is 0 Å². The normalized spacial score (nSPS) is 11.7. The van der Waals surface area contributed by atoms with E-state index in [4.69, 9.17) is 0 Å². The molecule has 0 aromatic heterocycles. The second-order valence-corrected chi connectivity index (χ2v) is 11.4. The van der Waals surface area contributed by atoms with Crippen LogP contribution in [0.4, 0.5) is 14.5 Å². The highest BCUT2D eigenvalue weighted by molar-refractivity contribution is 6.81. The Morgan fingerprint density at radius 2 is 1.64 bits per heavy atom. The van der Waals surface area contributed by atoms with Gasteiger partial charge in [-0.2, -0.15) is 0 Å². The Morgan fingerprint density at radius 1 is 0.955 bits per heavy atom. The molecule has 0 atom stereocenters. The number of anilines is 1. The number of nitrogens with zero attached hydrogens (tertiary/aromatic N) is 1. The third kappa shape index (κ3) is 5.71. The van der Waals surface area contributed by atoms with Crippen molar-refractivity contribution in [3.8, 4) is 0 Å². The van der Waals surface area contributed by atoms with Crippen molar-refractivity contribution in [2.24, 2.45) is 0 Å². The van der Waals surface area contributed by atoms with Gasteiger partial charge in [-0.25, -0.2) is 8.78 Å². The van der Waals surface area contributed by atoms with E-state index in [0.29, 0.717) is 5.69 Å². The minimum atomic E-state index is -1.74. The molecule has 0 aliphatic carbocycles. The zero-order valence-corrected chi connectivity index (χ0v) is 15.6. The maximum Gasteiger partial charge on any atom is 0.150 e. The summed E-state index contributed by atoms with van der Waals surface area (Å²) in [5.74, 6) is -0.927. The molecule has 0 saturated carbocycles. The lowest BCUT2D eigenvalue weighted by molar-refractivity contribution is 0.581. The summed E-state index contributed by atoms with van der Waals surface area (Å²) in [5.41, 5.74) is 0.585. The molecule has 0 bridgehead atoms. The molecular formula is C18H31F2NSi. The van der Waals surface area contributed by atoms with Gasteiger partial charge in [0.1, 0.15) is 11.6 Å². The lowest BCUT2D eigenvalue weighted by Crippen LogP contribution is -2.49. The first-order valence-corrected chi connectivity index (χ1v) is 11.8. The minimum absolute atomic E-state index is 0.426. The molecule has 4 heteroatoms. The van der Waals surface area contributed by atoms with E-state index >= 15 is 0 Å². The number of hydrogen-bond donors (Lipinski definition) is 0. The van der Waals surface area contributed by atoms with E-state index in [9.17, 15) is 8.78 Å². The number of hydrogen-bond acceptors (Lipinski definition) is 1. The van der Waals surface area contributed by atoms with Crippen molar-refractivity contribution >= 4 is 13.9 Å². The molecule has 0 heterocycles. The smallest absolute Gasteiger partial charge is 0.150 e. The predicted molar refractivity (Wildman–Crippen MR) is 95.0 cm³/mol. The van der Waals surface area contributed by atoms with Crippen molar-refractivity contribution in [3.05, 3.63) is 29.8 Å². The van der Waals surface area contributed by atoms with Crippen LogP contribution in [0, 0.1) is 11.6 Å². The molecule has 1 nitrogen and oxygen atoms in total. The summed E-state index contributed by atoms with van der Waals surface area (Å²) in [5, 5.41) is 0. The quantitative estimate of drug-likeness (QED) is 0.357. The van der Waals surface area contributed by atoms with Crippen molar-refractivity contribution in [2.75, 3.05) is 11.1 Å². The standard InChI is InChI=1S/C18H31F2NSi/c1-5-7-9-10-14-22(3,4)21(13-8-6-2)18-12-11-16(19)15-17(18)20/h11-12,15H,5-10,13-14H2,1-4H3. The highest BCUT2D eigenvalue weighted by Gasteiger charge is 2.30. The molecule has 0 amide bonds. The summed E-state index contributed by atoms with van der Waals surface area (Å²) in [6, 6.07) is 5.16. The Morgan fingerprint density at radius 3 is 2.23 bits per heavy atom. The molecule has 126 valence electrons. The van der Waals surface area contributed by atoms with Gasteiger partial charge in [0.25, 0.3) is 0 Å². The zero-order valence-electron chi connectivity index (χ0n) is 14.6. The van der Waals surface area contributed by atoms with Gasteiger partial charge in [-0.1, -0.05) is 59.0 Å². The van der Waals surface area contributed by atoms with Crippen molar-refractivity contribution in [1.29, 1.82) is 0 Å². The van der Waals surface area contributed by atoms with Crippen LogP contribution in [0.5, 0.6) is 0 Å². The van der Waals surface area contributed by atoms with Crippen molar-refractivity contribution < 1.29 is 8.78 Å². The van der Waals surface area contributed by atoms with Gasteiger partial charge < -0.3 is 4.57 Å². The van der Waals surface area contributed by atoms with Crippen LogP contribution in [-0.4, -0.2) is 14.8 Å². The van der Waals surface area contributed by atoms with Crippen LogP contribution < -0.4 is 4.57 Å². The topological polar surface area (TPSA) is 3.24 Å². The van der Waals surface area contributed by atoms with E-state index in [-0.39, 0.29) is 0 Å². The maximum atomic E-state index is 14.2. The molecule has 0 spiro atoms. The third-order valence-corrected chi connectivity index (χ3v) is 7.81. The van der Waals surface area contributed by atoms with E-state index in [0.717, 1.165) is 31.5 Å². The molecular weight excluding hydrogens is 296 g/mol. The van der Waals surface area contributed by atoms with Crippen LogP contribution >= 0.6 is 0 Å². The summed E-state index contributed by atoms with van der Waals surface area (Å²) in [6.07, 6.45) is 7.08. The lowest BCUT2D eigenvalue weighted by Gasteiger charge is -2.39. The monoisotopic (exact) mass is 327 g/mol. The molecule has 0 radical (unpaired) electrons. The van der Waals surface area contributed by atoms with Gasteiger partial charge in [-0.05, 0) is 24.6 Å². The molecule has 1 rings (SSSR count). The van der Waals surface area contributed by atoms with Crippen molar-refractivity contribution in [3.63, 3.8) is 0 Å². The van der Waals surface area contributed by atoms with Gasteiger partial charge in [0.15, 0.2) is 8.24 Å². The largest absolute Gasteiger partial charge is 0.395 e. The molecule has 0 aliphatic rings. The van der Waals surface area contributed by atoms with E-state index in [1.807, 2.05) is 0 Å². The van der Waals surface area contributed by atoms with Gasteiger partial charge in [0, 0.05) is 12.6 Å². The Kier molecular flexibility index (Phi) is 8.08. The molecule has 0 aliphatic heterocycles. The van der Waals surface area contributed by atoms with Gasteiger partial charge in [-0.15, -0.1) is 0 Å². The first kappa shape index (κ1) is 19.1. The number of unbranched alkanes of at least 4 members (excludes halogenated alkanes) is 4. The maximum absolute atomic E-state index is 14.2. The average molecular weight is 328 g/mol. The highest BCUT2D eigenvalue weighted by Crippen LogP contribution is 2.29. The first-order valence-electron chi connectivity index (χ1n) is 8.65. The van der Waals surface area contributed by atoms with E-state index in [1.165, 1.54) is 31.7 Å². The van der Waals surface area contributed by atoms with Crippen LogP contribution in [0.1, 0.15) is 52.4 Å². The molecule has 1 aromatic carbocycles. The zero-order chi connectivity index (χ0) is 16.6. The second kappa shape index (κ2) is 9.28. The van der Waals surface area contributed by atoms with Gasteiger partial charge in [0.2, 0.25) is 0 Å². The van der Waals surface area contributed by atoms with Crippen molar-refractivity contribution in [1.82, 2.24) is 0 Å². The van der Waals surface area contributed by atoms with Crippen LogP contribution in [0.2, 0.25) is 19.1 Å². The van der Waals surface area contributed by atoms with Crippen LogP contribution in [0.3, 0.4) is 0 Å². The van der Waals surface area contributed by atoms with E-state index in [1.54, 1.807) is 6.07 Å². The molecule has 22 heavy (non-hydrogen) atoms. The fourth-order valence-electron chi connectivity index (χ4n) is 2.88. The Bertz CT molecular complexity index is 449. The second-order valence-electron chi connectivity index (χ2n) is 6.72. The van der Waals surface area contributed by atoms with Crippen LogP contribution in [0.25, 0.3) is 0 Å². The molecule has 0 N–H and O–H groups in total. The summed E-state index contributed by atoms with van der Waals surface area (Å²) >= 11 is 0. The highest BCUT2D eigenvalue weighted by atomic mass is 28.3. The number of benzene rings is 1. The number of rotatable bonds is 10. The Labute approximate surface area is 135 Å². The van der Waals surface area contributed by atoms with Gasteiger partial charge in [-0.3, -0.25) is 0 Å². The van der Waals surface area contributed by atoms with E-state index in [2.05, 4.69) is 31.5 Å². The average Bonchev–Trinajstić information content (AvgIpc) is 2.46. The number of halogens is 2. The fourth-order valence-corrected chi connectivity index (χ4v) is 5.87. The predicted octanol–water partition coefficient (Wildman–Crippen LogP) is 6.36. The first-order chi connectivity index (χ1) is 10.4. The van der Waals surface area contributed by atoms with Crippen molar-refractivity contribution in [2.45, 2.75) is 71.5 Å². The molecule has 0 saturated heterocycles. The summed E-state index contributed by atoms with van der Waals surface area (Å²) < 4.78 is 29.7. The lowest BCUT2D eigenvalue weighted by atomic mass is 10.2.